The number of hydrogen-bond donors (Lipinski definition) is 1. The van der Waals surface area contributed by atoms with Gasteiger partial charge in [-0.05, 0) is 26.0 Å². The van der Waals surface area contributed by atoms with Crippen molar-refractivity contribution < 1.29 is 14.3 Å². The first kappa shape index (κ1) is 13.4. The van der Waals surface area contributed by atoms with Crippen molar-refractivity contribution in [1.29, 1.82) is 0 Å². The Labute approximate surface area is 121 Å². The molecule has 0 spiro atoms. The van der Waals surface area contributed by atoms with Crippen LogP contribution < -0.4 is 5.32 Å². The van der Waals surface area contributed by atoms with Crippen molar-refractivity contribution in [1.82, 2.24) is 14.9 Å². The SMILES string of the molecule is CCOC(=O)c1ncn2c1CNC(=O)c1cc(C)ccc1-2. The molecule has 0 radical (unpaired) electrons. The fourth-order valence-corrected chi connectivity index (χ4v) is 2.42. The van der Waals surface area contributed by atoms with E-state index in [4.69, 9.17) is 4.74 Å². The molecule has 0 atom stereocenters. The number of rotatable bonds is 2. The molecule has 0 unspecified atom stereocenters. The van der Waals surface area contributed by atoms with Crippen LogP contribution in [-0.2, 0) is 11.3 Å². The molecule has 1 amide bonds. The Kier molecular flexibility index (Phi) is 3.21. The number of benzene rings is 1. The Hall–Kier alpha value is -2.63. The molecule has 1 aliphatic rings. The highest BCUT2D eigenvalue weighted by molar-refractivity contribution is 5.99. The van der Waals surface area contributed by atoms with E-state index in [0.29, 0.717) is 16.9 Å². The van der Waals surface area contributed by atoms with Crippen LogP contribution in [0.2, 0.25) is 0 Å². The second kappa shape index (κ2) is 5.05. The van der Waals surface area contributed by atoms with Crippen molar-refractivity contribution in [2.24, 2.45) is 0 Å². The third kappa shape index (κ3) is 2.18. The van der Waals surface area contributed by atoms with Gasteiger partial charge in [-0.1, -0.05) is 11.6 Å². The van der Waals surface area contributed by atoms with E-state index in [2.05, 4.69) is 10.3 Å². The quantitative estimate of drug-likeness (QED) is 0.851. The first-order chi connectivity index (χ1) is 10.1. The molecule has 0 saturated heterocycles. The number of ether oxygens (including phenoxy) is 1. The smallest absolute Gasteiger partial charge is 0.358 e. The van der Waals surface area contributed by atoms with E-state index >= 15 is 0 Å². The summed E-state index contributed by atoms with van der Waals surface area (Å²) in [5, 5.41) is 2.80. The number of carbonyl (C=O) groups is 2. The molecule has 2 heterocycles. The van der Waals surface area contributed by atoms with Gasteiger partial charge in [0.2, 0.25) is 0 Å². The normalized spacial score (nSPS) is 13.0. The topological polar surface area (TPSA) is 73.2 Å². The van der Waals surface area contributed by atoms with Gasteiger partial charge in [0, 0.05) is 0 Å². The van der Waals surface area contributed by atoms with Crippen molar-refractivity contribution >= 4 is 11.9 Å². The number of hydrogen-bond acceptors (Lipinski definition) is 4. The minimum Gasteiger partial charge on any atom is -0.461 e. The summed E-state index contributed by atoms with van der Waals surface area (Å²) in [6, 6.07) is 5.60. The van der Waals surface area contributed by atoms with Crippen LogP contribution in [0.3, 0.4) is 0 Å². The third-order valence-corrected chi connectivity index (χ3v) is 3.41. The van der Waals surface area contributed by atoms with E-state index in [-0.39, 0.29) is 24.8 Å². The molecule has 1 aliphatic heterocycles. The predicted octanol–water partition coefficient (Wildman–Crippen LogP) is 1.60. The highest BCUT2D eigenvalue weighted by atomic mass is 16.5. The summed E-state index contributed by atoms with van der Waals surface area (Å²) >= 11 is 0. The van der Waals surface area contributed by atoms with Crippen molar-refractivity contribution in [2.75, 3.05) is 6.61 Å². The molecule has 0 bridgehead atoms. The lowest BCUT2D eigenvalue weighted by molar-refractivity contribution is 0.0518. The molecule has 0 aliphatic carbocycles. The van der Waals surface area contributed by atoms with Crippen molar-refractivity contribution in [3.8, 4) is 5.69 Å². The minimum absolute atomic E-state index is 0.160. The van der Waals surface area contributed by atoms with E-state index < -0.39 is 5.97 Å². The van der Waals surface area contributed by atoms with Gasteiger partial charge in [-0.3, -0.25) is 9.36 Å². The molecule has 0 fully saturated rings. The third-order valence-electron chi connectivity index (χ3n) is 3.41. The number of fused-ring (bicyclic) bond motifs is 3. The van der Waals surface area contributed by atoms with Gasteiger partial charge < -0.3 is 10.1 Å². The van der Waals surface area contributed by atoms with Gasteiger partial charge in [0.25, 0.3) is 5.91 Å². The predicted molar refractivity (Wildman–Crippen MR) is 75.4 cm³/mol. The number of amides is 1. The standard InChI is InChI=1S/C15H15N3O3/c1-3-21-15(20)13-12-7-16-14(19)10-6-9(2)4-5-11(10)18(12)8-17-13/h4-6,8H,3,7H2,1-2H3,(H,16,19). The Balaban J connectivity index is 2.15. The Morgan fingerprint density at radius 2 is 2.29 bits per heavy atom. The van der Waals surface area contributed by atoms with Crippen molar-refractivity contribution in [3.63, 3.8) is 0 Å². The van der Waals surface area contributed by atoms with Gasteiger partial charge in [0.05, 0.1) is 30.1 Å². The molecule has 3 rings (SSSR count). The van der Waals surface area contributed by atoms with Gasteiger partial charge in [0.1, 0.15) is 6.33 Å². The Morgan fingerprint density at radius 3 is 3.05 bits per heavy atom. The zero-order chi connectivity index (χ0) is 15.0. The Bertz CT molecular complexity index is 734. The van der Waals surface area contributed by atoms with Gasteiger partial charge >= 0.3 is 5.97 Å². The van der Waals surface area contributed by atoms with E-state index in [1.165, 1.54) is 0 Å². The number of esters is 1. The van der Waals surface area contributed by atoms with Gasteiger partial charge in [-0.15, -0.1) is 0 Å². The lowest BCUT2D eigenvalue weighted by Gasteiger charge is -2.08. The molecule has 6 heteroatoms. The van der Waals surface area contributed by atoms with Gasteiger partial charge in [-0.25, -0.2) is 9.78 Å². The van der Waals surface area contributed by atoms with E-state index in [9.17, 15) is 9.59 Å². The van der Waals surface area contributed by atoms with Crippen LogP contribution in [-0.4, -0.2) is 28.0 Å². The largest absolute Gasteiger partial charge is 0.461 e. The average Bonchev–Trinajstić information content (AvgIpc) is 2.83. The monoisotopic (exact) mass is 285 g/mol. The van der Waals surface area contributed by atoms with Crippen LogP contribution in [0.15, 0.2) is 24.5 Å². The molecular weight excluding hydrogens is 270 g/mol. The van der Waals surface area contributed by atoms with Gasteiger partial charge in [-0.2, -0.15) is 0 Å². The number of aryl methyl sites for hydroxylation is 1. The number of imidazole rings is 1. The van der Waals surface area contributed by atoms with Crippen LogP contribution in [0.4, 0.5) is 0 Å². The van der Waals surface area contributed by atoms with Crippen LogP contribution in [0.1, 0.15) is 39.0 Å². The lowest BCUT2D eigenvalue weighted by atomic mass is 10.1. The summed E-state index contributed by atoms with van der Waals surface area (Å²) in [6.07, 6.45) is 1.55. The summed E-state index contributed by atoms with van der Waals surface area (Å²) in [5.74, 6) is -0.636. The summed E-state index contributed by atoms with van der Waals surface area (Å²) in [7, 11) is 0. The molecule has 0 saturated carbocycles. The van der Waals surface area contributed by atoms with Crippen LogP contribution in [0.25, 0.3) is 5.69 Å². The summed E-state index contributed by atoms with van der Waals surface area (Å²) in [4.78, 5) is 28.2. The first-order valence-corrected chi connectivity index (χ1v) is 6.74. The van der Waals surface area contributed by atoms with Gasteiger partial charge in [0.15, 0.2) is 5.69 Å². The molecular formula is C15H15N3O3. The second-order valence-electron chi connectivity index (χ2n) is 4.83. The molecule has 2 aromatic rings. The number of nitrogens with one attached hydrogen (secondary N) is 1. The average molecular weight is 285 g/mol. The summed E-state index contributed by atoms with van der Waals surface area (Å²) in [6.45, 7) is 4.19. The molecule has 108 valence electrons. The molecule has 21 heavy (non-hydrogen) atoms. The maximum absolute atomic E-state index is 12.2. The summed E-state index contributed by atoms with van der Waals surface area (Å²) in [5.41, 5.74) is 3.16. The fraction of sp³-hybridized carbons (Fsp3) is 0.267. The number of aromatic nitrogens is 2. The molecule has 1 aromatic heterocycles. The van der Waals surface area contributed by atoms with Crippen molar-refractivity contribution in [3.05, 3.63) is 47.0 Å². The molecule has 6 nitrogen and oxygen atoms in total. The zero-order valence-electron chi connectivity index (χ0n) is 11.8. The van der Waals surface area contributed by atoms with Crippen LogP contribution in [0.5, 0.6) is 0 Å². The first-order valence-electron chi connectivity index (χ1n) is 6.74. The lowest BCUT2D eigenvalue weighted by Crippen LogP contribution is -2.22. The maximum Gasteiger partial charge on any atom is 0.358 e. The highest BCUT2D eigenvalue weighted by Crippen LogP contribution is 2.23. The van der Waals surface area contributed by atoms with Crippen LogP contribution in [0, 0.1) is 6.92 Å². The minimum atomic E-state index is -0.476. The zero-order valence-corrected chi connectivity index (χ0v) is 11.8. The second-order valence-corrected chi connectivity index (χ2v) is 4.83. The van der Waals surface area contributed by atoms with Crippen LogP contribution >= 0.6 is 0 Å². The maximum atomic E-state index is 12.2. The highest BCUT2D eigenvalue weighted by Gasteiger charge is 2.25. The van der Waals surface area contributed by atoms with E-state index in [0.717, 1.165) is 5.56 Å². The Morgan fingerprint density at radius 1 is 1.48 bits per heavy atom. The summed E-state index contributed by atoms with van der Waals surface area (Å²) < 4.78 is 6.76. The van der Waals surface area contributed by atoms with Crippen molar-refractivity contribution in [2.45, 2.75) is 20.4 Å². The number of nitrogens with zero attached hydrogens (tertiary/aromatic N) is 2. The molecule has 1 N–H and O–H groups in total. The van der Waals surface area contributed by atoms with E-state index in [1.807, 2.05) is 25.1 Å². The molecule has 1 aromatic carbocycles. The van der Waals surface area contributed by atoms with E-state index in [1.54, 1.807) is 17.8 Å². The number of carbonyl (C=O) groups excluding carboxylic acids is 2. The fourth-order valence-electron chi connectivity index (χ4n) is 2.42.